The Labute approximate surface area is 153 Å². The predicted octanol–water partition coefficient (Wildman–Crippen LogP) is 1.87. The van der Waals surface area contributed by atoms with Gasteiger partial charge in [-0.3, -0.25) is 14.4 Å². The van der Waals surface area contributed by atoms with Gasteiger partial charge in [0, 0.05) is 19.3 Å². The van der Waals surface area contributed by atoms with E-state index in [1.807, 2.05) is 4.98 Å². The summed E-state index contributed by atoms with van der Waals surface area (Å²) < 4.78 is 48.2. The monoisotopic (exact) mass is 390 g/mol. The molecule has 27 heavy (non-hydrogen) atoms. The van der Waals surface area contributed by atoms with Crippen LogP contribution in [0.1, 0.15) is 42.2 Å². The van der Waals surface area contributed by atoms with Crippen LogP contribution in [0, 0.1) is 5.92 Å². The van der Waals surface area contributed by atoms with Crippen molar-refractivity contribution in [2.24, 2.45) is 5.92 Å². The molecule has 1 aliphatic rings. The minimum atomic E-state index is -4.81. The summed E-state index contributed by atoms with van der Waals surface area (Å²) in [6, 6.07) is 0.874. The van der Waals surface area contributed by atoms with Crippen molar-refractivity contribution in [3.63, 3.8) is 0 Å². The number of ether oxygens (including phenoxy) is 2. The largest absolute Gasteiger partial charge is 0.466 e. The molecule has 150 valence electrons. The van der Waals surface area contributed by atoms with Gasteiger partial charge < -0.3 is 19.8 Å². The zero-order chi connectivity index (χ0) is 20.0. The minimum Gasteiger partial charge on any atom is -0.466 e. The molecule has 1 saturated heterocycles. The van der Waals surface area contributed by atoms with Crippen LogP contribution < -0.4 is 10.9 Å². The van der Waals surface area contributed by atoms with E-state index < -0.39 is 35.2 Å². The zero-order valence-electron chi connectivity index (χ0n) is 14.7. The Morgan fingerprint density at radius 3 is 2.56 bits per heavy atom. The summed E-state index contributed by atoms with van der Waals surface area (Å²) >= 11 is 0. The summed E-state index contributed by atoms with van der Waals surface area (Å²) in [6.45, 7) is 2.82. The number of aromatic amines is 1. The summed E-state index contributed by atoms with van der Waals surface area (Å²) in [6.07, 6.45) is -3.64. The van der Waals surface area contributed by atoms with E-state index in [-0.39, 0.29) is 24.6 Å². The van der Waals surface area contributed by atoms with Crippen LogP contribution in [-0.4, -0.2) is 42.7 Å². The highest BCUT2D eigenvalue weighted by atomic mass is 19.4. The topological polar surface area (TPSA) is 97.5 Å². The molecule has 2 heterocycles. The van der Waals surface area contributed by atoms with Crippen LogP contribution >= 0.6 is 0 Å². The average Bonchev–Trinajstić information content (AvgIpc) is 2.61. The quantitative estimate of drug-likeness (QED) is 0.723. The van der Waals surface area contributed by atoms with Gasteiger partial charge in [-0.05, 0) is 37.8 Å². The van der Waals surface area contributed by atoms with Crippen molar-refractivity contribution < 1.29 is 32.2 Å². The van der Waals surface area contributed by atoms with E-state index in [1.54, 1.807) is 6.92 Å². The molecule has 2 N–H and O–H groups in total. The van der Waals surface area contributed by atoms with Crippen LogP contribution in [0.3, 0.4) is 0 Å². The molecule has 0 radical (unpaired) electrons. The molecule has 0 aromatic carbocycles. The normalized spacial score (nSPS) is 16.6. The van der Waals surface area contributed by atoms with Crippen LogP contribution in [-0.2, 0) is 20.4 Å². The number of rotatable bonds is 6. The summed E-state index contributed by atoms with van der Waals surface area (Å²) in [7, 11) is 0. The van der Waals surface area contributed by atoms with Gasteiger partial charge in [0.15, 0.2) is 0 Å². The molecule has 1 amide bonds. The number of esters is 1. The van der Waals surface area contributed by atoms with Gasteiger partial charge in [-0.25, -0.2) is 0 Å². The molecule has 1 aromatic heterocycles. The van der Waals surface area contributed by atoms with E-state index in [1.165, 1.54) is 0 Å². The fourth-order valence-corrected chi connectivity index (χ4v) is 2.93. The number of carbonyl (C=O) groups is 2. The molecule has 1 atom stereocenters. The van der Waals surface area contributed by atoms with E-state index in [0.717, 1.165) is 6.07 Å². The third-order valence-electron chi connectivity index (χ3n) is 4.30. The van der Waals surface area contributed by atoms with Crippen LogP contribution in [0.15, 0.2) is 16.9 Å². The van der Waals surface area contributed by atoms with Gasteiger partial charge in [0.05, 0.1) is 13.0 Å². The number of hydrogen-bond donors (Lipinski definition) is 2. The third kappa shape index (κ3) is 5.81. The first-order valence-corrected chi connectivity index (χ1v) is 8.57. The van der Waals surface area contributed by atoms with Gasteiger partial charge in [0.25, 0.3) is 11.5 Å². The van der Waals surface area contributed by atoms with Crippen molar-refractivity contribution in [2.75, 3.05) is 19.8 Å². The number of H-pyrrole nitrogens is 1. The lowest BCUT2D eigenvalue weighted by molar-refractivity contribution is -0.144. The van der Waals surface area contributed by atoms with Crippen molar-refractivity contribution in [1.29, 1.82) is 0 Å². The second-order valence-corrected chi connectivity index (χ2v) is 6.15. The van der Waals surface area contributed by atoms with Gasteiger partial charge in [-0.1, -0.05) is 0 Å². The van der Waals surface area contributed by atoms with Crippen molar-refractivity contribution >= 4 is 11.9 Å². The fourth-order valence-electron chi connectivity index (χ4n) is 2.93. The van der Waals surface area contributed by atoms with Crippen molar-refractivity contribution in [1.82, 2.24) is 10.3 Å². The summed E-state index contributed by atoms with van der Waals surface area (Å²) in [5.74, 6) is -1.30. The maximum absolute atomic E-state index is 12.7. The van der Waals surface area contributed by atoms with Gasteiger partial charge in [0.1, 0.15) is 11.3 Å². The average molecular weight is 390 g/mol. The number of halogens is 3. The zero-order valence-corrected chi connectivity index (χ0v) is 14.7. The molecule has 0 bridgehead atoms. The minimum absolute atomic E-state index is 0.0479. The molecule has 0 aliphatic carbocycles. The molecule has 1 unspecified atom stereocenters. The van der Waals surface area contributed by atoms with E-state index in [0.29, 0.717) is 32.1 Å². The molecule has 0 saturated carbocycles. The molecule has 10 heteroatoms. The lowest BCUT2D eigenvalue weighted by Gasteiger charge is -2.30. The Kier molecular flexibility index (Phi) is 7.00. The van der Waals surface area contributed by atoms with Gasteiger partial charge >= 0.3 is 12.1 Å². The molecule has 7 nitrogen and oxygen atoms in total. The molecule has 1 fully saturated rings. The third-order valence-corrected chi connectivity index (χ3v) is 4.30. The lowest BCUT2D eigenvalue weighted by Crippen LogP contribution is -2.44. The fraction of sp³-hybridized carbons (Fsp3) is 0.588. The Balaban J connectivity index is 2.15. The van der Waals surface area contributed by atoms with E-state index in [4.69, 9.17) is 9.47 Å². The first-order chi connectivity index (χ1) is 12.7. The first kappa shape index (κ1) is 20.9. The highest BCUT2D eigenvalue weighted by Gasteiger charge is 2.34. The van der Waals surface area contributed by atoms with Gasteiger partial charge in [-0.15, -0.1) is 0 Å². The van der Waals surface area contributed by atoms with Crippen molar-refractivity contribution in [2.45, 2.75) is 38.4 Å². The number of hydrogen-bond acceptors (Lipinski definition) is 5. The van der Waals surface area contributed by atoms with Gasteiger partial charge in [-0.2, -0.15) is 13.2 Å². The number of nitrogens with one attached hydrogen (secondary N) is 2. The smallest absolute Gasteiger partial charge is 0.421 e. The predicted molar refractivity (Wildman–Crippen MR) is 88.1 cm³/mol. The molecule has 0 spiro atoms. The number of amides is 1. The van der Waals surface area contributed by atoms with Crippen LogP contribution in [0.4, 0.5) is 13.2 Å². The Morgan fingerprint density at radius 2 is 2.00 bits per heavy atom. The Bertz CT molecular complexity index is 726. The summed E-state index contributed by atoms with van der Waals surface area (Å²) in [4.78, 5) is 37.8. The summed E-state index contributed by atoms with van der Waals surface area (Å²) in [5, 5.41) is 2.63. The highest BCUT2D eigenvalue weighted by Crippen LogP contribution is 2.26. The number of carbonyl (C=O) groups excluding carboxylic acids is 2. The maximum Gasteiger partial charge on any atom is 0.421 e. The lowest BCUT2D eigenvalue weighted by atomic mass is 9.89. The number of alkyl halides is 3. The first-order valence-electron chi connectivity index (χ1n) is 8.57. The van der Waals surface area contributed by atoms with Crippen molar-refractivity contribution in [3.05, 3.63) is 33.7 Å². The molecular formula is C17H21F3N2O5. The van der Waals surface area contributed by atoms with E-state index in [2.05, 4.69) is 5.32 Å². The van der Waals surface area contributed by atoms with Gasteiger partial charge in [0.2, 0.25) is 0 Å². The second kappa shape index (κ2) is 9.03. The number of pyridine rings is 1. The SMILES string of the molecule is CCOC(=O)CC(NC(=O)c1ccc(C(F)(F)F)c(=O)[nH]1)C1CCOCC1. The molecule has 1 aromatic rings. The summed E-state index contributed by atoms with van der Waals surface area (Å²) in [5.41, 5.74) is -3.09. The Hall–Kier alpha value is -2.36. The molecule has 2 rings (SSSR count). The highest BCUT2D eigenvalue weighted by molar-refractivity contribution is 5.92. The van der Waals surface area contributed by atoms with Crippen LogP contribution in [0.25, 0.3) is 0 Å². The van der Waals surface area contributed by atoms with Crippen molar-refractivity contribution in [3.8, 4) is 0 Å². The van der Waals surface area contributed by atoms with Crippen LogP contribution in [0.5, 0.6) is 0 Å². The maximum atomic E-state index is 12.7. The molecular weight excluding hydrogens is 369 g/mol. The van der Waals surface area contributed by atoms with E-state index in [9.17, 15) is 27.6 Å². The second-order valence-electron chi connectivity index (χ2n) is 6.15. The number of aromatic nitrogens is 1. The van der Waals surface area contributed by atoms with E-state index >= 15 is 0 Å². The standard InChI is InChI=1S/C17H21F3N2O5/c1-2-27-14(23)9-13(10-5-7-26-8-6-10)22-16(25)12-4-3-11(15(24)21-12)17(18,19)20/h3-4,10,13H,2,5-9H2,1H3,(H,21,24)(H,22,25). The Morgan fingerprint density at radius 1 is 1.33 bits per heavy atom. The van der Waals surface area contributed by atoms with Crippen LogP contribution in [0.2, 0.25) is 0 Å². The molecule has 1 aliphatic heterocycles.